The number of aliphatic carboxylic acids is 1. The maximum atomic E-state index is 10.5. The molecule has 0 aliphatic carbocycles. The fourth-order valence-corrected chi connectivity index (χ4v) is 1.60. The average Bonchev–Trinajstić information content (AvgIpc) is 2.33. The van der Waals surface area contributed by atoms with E-state index in [0.717, 1.165) is 6.54 Å². The van der Waals surface area contributed by atoms with Gasteiger partial charge in [0.25, 0.3) is 0 Å². The second-order valence-corrected chi connectivity index (χ2v) is 2.91. The van der Waals surface area contributed by atoms with Crippen LogP contribution in [0, 0.1) is 11.8 Å². The zero-order valence-electron chi connectivity index (χ0n) is 5.58. The fourth-order valence-electron chi connectivity index (χ4n) is 1.21. The Balaban J connectivity index is 2.50. The Morgan fingerprint density at radius 2 is 2.40 bits per heavy atom. The maximum absolute atomic E-state index is 10.5. The van der Waals surface area contributed by atoms with E-state index in [1.165, 1.54) is 0 Å². The predicted molar refractivity (Wildman–Crippen MR) is 41.3 cm³/mol. The van der Waals surface area contributed by atoms with Crippen LogP contribution < -0.4 is 5.32 Å². The van der Waals surface area contributed by atoms with Gasteiger partial charge in [0, 0.05) is 6.54 Å². The predicted octanol–water partition coefficient (Wildman–Crippen LogP) is -0.164. The van der Waals surface area contributed by atoms with E-state index in [1.807, 2.05) is 0 Å². The molecule has 1 fully saturated rings. The lowest BCUT2D eigenvalue weighted by Crippen LogP contribution is -2.23. The van der Waals surface area contributed by atoms with Crippen LogP contribution in [-0.4, -0.2) is 29.9 Å². The highest BCUT2D eigenvalue weighted by molar-refractivity contribution is 7.80. The van der Waals surface area contributed by atoms with Gasteiger partial charge in [-0.1, -0.05) is 0 Å². The van der Waals surface area contributed by atoms with Crippen LogP contribution in [0.2, 0.25) is 0 Å². The molecular formula is C6H11NO2S. The first-order valence-corrected chi connectivity index (χ1v) is 3.93. The lowest BCUT2D eigenvalue weighted by atomic mass is 9.98. The minimum atomic E-state index is -0.705. The first-order chi connectivity index (χ1) is 4.75. The number of thiol groups is 1. The van der Waals surface area contributed by atoms with Gasteiger partial charge in [-0.05, 0) is 18.2 Å². The number of nitrogens with one attached hydrogen (secondary N) is 1. The van der Waals surface area contributed by atoms with Gasteiger partial charge in [-0.3, -0.25) is 4.79 Å². The second-order valence-electron chi connectivity index (χ2n) is 2.55. The Hall–Kier alpha value is -0.220. The van der Waals surface area contributed by atoms with E-state index in [4.69, 9.17) is 5.11 Å². The molecule has 58 valence electrons. The number of rotatable bonds is 2. The second kappa shape index (κ2) is 3.25. The first kappa shape index (κ1) is 7.88. The van der Waals surface area contributed by atoms with Crippen LogP contribution in [0.15, 0.2) is 0 Å². The van der Waals surface area contributed by atoms with Crippen molar-refractivity contribution in [3.8, 4) is 0 Å². The molecule has 0 radical (unpaired) electrons. The summed E-state index contributed by atoms with van der Waals surface area (Å²) in [6.45, 7) is 1.39. The molecule has 1 aliphatic rings. The van der Waals surface area contributed by atoms with Crippen molar-refractivity contribution in [1.29, 1.82) is 0 Å². The lowest BCUT2D eigenvalue weighted by Gasteiger charge is -2.09. The average molecular weight is 161 g/mol. The SMILES string of the molecule is O=C(O)[C@@H]1CNC[C@@H]1CS. The van der Waals surface area contributed by atoms with Gasteiger partial charge in [0.05, 0.1) is 5.92 Å². The summed E-state index contributed by atoms with van der Waals surface area (Å²) in [4.78, 5) is 10.5. The molecule has 0 bridgehead atoms. The highest BCUT2D eigenvalue weighted by Crippen LogP contribution is 2.17. The molecule has 2 N–H and O–H groups in total. The smallest absolute Gasteiger partial charge is 0.308 e. The summed E-state index contributed by atoms with van der Waals surface area (Å²) < 4.78 is 0. The molecule has 4 heteroatoms. The topological polar surface area (TPSA) is 49.3 Å². The molecule has 0 aromatic rings. The Morgan fingerprint density at radius 3 is 2.80 bits per heavy atom. The van der Waals surface area contributed by atoms with Crippen molar-refractivity contribution < 1.29 is 9.90 Å². The Bertz CT molecular complexity index is 140. The monoisotopic (exact) mass is 161 g/mol. The Morgan fingerprint density at radius 1 is 1.70 bits per heavy atom. The number of hydrogen-bond acceptors (Lipinski definition) is 3. The van der Waals surface area contributed by atoms with Crippen molar-refractivity contribution >= 4 is 18.6 Å². The summed E-state index contributed by atoms with van der Waals surface area (Å²) in [7, 11) is 0. The van der Waals surface area contributed by atoms with E-state index in [1.54, 1.807) is 0 Å². The zero-order chi connectivity index (χ0) is 7.56. The van der Waals surface area contributed by atoms with Gasteiger partial charge in [0.1, 0.15) is 0 Å². The van der Waals surface area contributed by atoms with Crippen LogP contribution in [0.25, 0.3) is 0 Å². The van der Waals surface area contributed by atoms with E-state index >= 15 is 0 Å². The van der Waals surface area contributed by atoms with Crippen LogP contribution >= 0.6 is 12.6 Å². The largest absolute Gasteiger partial charge is 0.481 e. The molecule has 3 nitrogen and oxygen atoms in total. The van der Waals surface area contributed by atoms with Gasteiger partial charge >= 0.3 is 5.97 Å². The van der Waals surface area contributed by atoms with Gasteiger partial charge in [-0.2, -0.15) is 12.6 Å². The molecule has 0 spiro atoms. The Kier molecular flexibility index (Phi) is 2.56. The van der Waals surface area contributed by atoms with Crippen LogP contribution in [-0.2, 0) is 4.79 Å². The van der Waals surface area contributed by atoms with E-state index in [0.29, 0.717) is 12.3 Å². The normalized spacial score (nSPS) is 32.5. The summed E-state index contributed by atoms with van der Waals surface area (Å²) in [6, 6.07) is 0. The third kappa shape index (κ3) is 1.44. The molecule has 2 atom stereocenters. The van der Waals surface area contributed by atoms with Gasteiger partial charge < -0.3 is 10.4 Å². The van der Waals surface area contributed by atoms with Crippen molar-refractivity contribution in [1.82, 2.24) is 5.32 Å². The van der Waals surface area contributed by atoms with E-state index < -0.39 is 5.97 Å². The molecule has 0 unspecified atom stereocenters. The lowest BCUT2D eigenvalue weighted by molar-refractivity contribution is -0.142. The van der Waals surface area contributed by atoms with Crippen LogP contribution in [0.1, 0.15) is 0 Å². The number of hydrogen-bond donors (Lipinski definition) is 3. The van der Waals surface area contributed by atoms with Crippen molar-refractivity contribution in [2.45, 2.75) is 0 Å². The van der Waals surface area contributed by atoms with Crippen LogP contribution in [0.3, 0.4) is 0 Å². The molecular weight excluding hydrogens is 150 g/mol. The molecule has 10 heavy (non-hydrogen) atoms. The maximum Gasteiger partial charge on any atom is 0.308 e. The van der Waals surface area contributed by atoms with Crippen molar-refractivity contribution in [3.05, 3.63) is 0 Å². The van der Waals surface area contributed by atoms with E-state index in [9.17, 15) is 4.79 Å². The highest BCUT2D eigenvalue weighted by atomic mass is 32.1. The fraction of sp³-hybridized carbons (Fsp3) is 0.833. The number of carboxylic acid groups (broad SMARTS) is 1. The molecule has 0 aromatic heterocycles. The van der Waals surface area contributed by atoms with Crippen molar-refractivity contribution in [2.24, 2.45) is 11.8 Å². The van der Waals surface area contributed by atoms with Gasteiger partial charge in [-0.15, -0.1) is 0 Å². The van der Waals surface area contributed by atoms with Crippen LogP contribution in [0.4, 0.5) is 0 Å². The van der Waals surface area contributed by atoms with Gasteiger partial charge in [0.15, 0.2) is 0 Å². The quantitative estimate of drug-likeness (QED) is 0.493. The third-order valence-electron chi connectivity index (χ3n) is 1.89. The van der Waals surface area contributed by atoms with Crippen molar-refractivity contribution in [2.75, 3.05) is 18.8 Å². The minimum Gasteiger partial charge on any atom is -0.481 e. The zero-order valence-corrected chi connectivity index (χ0v) is 6.47. The standard InChI is InChI=1S/C6H11NO2S/c8-6(9)5-2-7-1-4(5)3-10/h4-5,7,10H,1-3H2,(H,8,9)/t4-,5-/m1/s1. The summed E-state index contributed by atoms with van der Waals surface area (Å²) in [5.74, 6) is -0.0633. The van der Waals surface area contributed by atoms with E-state index in [-0.39, 0.29) is 11.8 Å². The molecule has 1 aliphatic heterocycles. The van der Waals surface area contributed by atoms with Crippen molar-refractivity contribution in [3.63, 3.8) is 0 Å². The highest BCUT2D eigenvalue weighted by Gasteiger charge is 2.31. The summed E-state index contributed by atoms with van der Waals surface area (Å²) >= 11 is 4.07. The van der Waals surface area contributed by atoms with E-state index in [2.05, 4.69) is 17.9 Å². The van der Waals surface area contributed by atoms with Crippen LogP contribution in [0.5, 0.6) is 0 Å². The molecule has 1 saturated heterocycles. The molecule has 0 amide bonds. The molecule has 0 saturated carbocycles. The third-order valence-corrected chi connectivity index (χ3v) is 2.36. The molecule has 1 heterocycles. The minimum absolute atomic E-state index is 0.209. The molecule has 1 rings (SSSR count). The summed E-state index contributed by atoms with van der Waals surface area (Å²) in [5, 5.41) is 11.7. The number of carbonyl (C=O) groups is 1. The first-order valence-electron chi connectivity index (χ1n) is 3.30. The van der Waals surface area contributed by atoms with Gasteiger partial charge in [-0.25, -0.2) is 0 Å². The van der Waals surface area contributed by atoms with Gasteiger partial charge in [0.2, 0.25) is 0 Å². The Labute approximate surface area is 65.2 Å². The summed E-state index contributed by atoms with van der Waals surface area (Å²) in [6.07, 6.45) is 0. The summed E-state index contributed by atoms with van der Waals surface area (Å²) in [5.41, 5.74) is 0. The molecule has 0 aromatic carbocycles. The number of carboxylic acids is 1.